The van der Waals surface area contributed by atoms with E-state index in [1.165, 1.54) is 29.5 Å². The Morgan fingerprint density at radius 2 is 2.06 bits per heavy atom. The third-order valence-electron chi connectivity index (χ3n) is 5.54. The molecule has 4 aromatic rings. The van der Waals surface area contributed by atoms with E-state index in [0.29, 0.717) is 11.2 Å². The molecule has 0 N–H and O–H groups in total. The summed E-state index contributed by atoms with van der Waals surface area (Å²) in [6.45, 7) is 3.23. The first-order chi connectivity index (χ1) is 15.9. The van der Waals surface area contributed by atoms with E-state index in [0.717, 1.165) is 41.2 Å². The normalized spacial score (nSPS) is 10.8. The summed E-state index contributed by atoms with van der Waals surface area (Å²) < 4.78 is 20.6. The number of aryl methyl sites for hydroxylation is 3. The van der Waals surface area contributed by atoms with Gasteiger partial charge in [0.15, 0.2) is 0 Å². The van der Waals surface area contributed by atoms with Gasteiger partial charge in [-0.05, 0) is 77.5 Å². The van der Waals surface area contributed by atoms with Gasteiger partial charge in [-0.2, -0.15) is 16.6 Å². The minimum absolute atomic E-state index is 0.0905. The van der Waals surface area contributed by atoms with Gasteiger partial charge in [0.25, 0.3) is 0 Å². The second-order valence-corrected chi connectivity index (χ2v) is 8.52. The molecule has 0 aliphatic rings. The summed E-state index contributed by atoms with van der Waals surface area (Å²) in [5.41, 5.74) is 4.45. The third-order valence-corrected chi connectivity index (χ3v) is 6.28. The van der Waals surface area contributed by atoms with Crippen LogP contribution in [-0.4, -0.2) is 18.0 Å². The Morgan fingerprint density at radius 1 is 1.24 bits per heavy atom. The first-order valence-electron chi connectivity index (χ1n) is 10.4. The number of amides is 1. The Balaban J connectivity index is 1.89. The second kappa shape index (κ2) is 9.39. The van der Waals surface area contributed by atoms with Crippen LogP contribution in [-0.2, 0) is 17.6 Å². The molecule has 4 rings (SSSR count). The maximum atomic E-state index is 15.0. The van der Waals surface area contributed by atoms with Gasteiger partial charge in [0, 0.05) is 24.6 Å². The highest BCUT2D eigenvalue weighted by Gasteiger charge is 2.23. The molecule has 0 unspecified atom stereocenters. The number of anilines is 2. The number of fused-ring (bicyclic) bond motifs is 1. The molecule has 1 amide bonds. The van der Waals surface area contributed by atoms with Crippen molar-refractivity contribution in [2.75, 3.05) is 12.0 Å². The summed E-state index contributed by atoms with van der Waals surface area (Å²) in [6.07, 6.45) is 3.26. The lowest BCUT2D eigenvalue weighted by atomic mass is 10.00. The van der Waals surface area contributed by atoms with Crippen LogP contribution in [0.25, 0.3) is 10.9 Å². The van der Waals surface area contributed by atoms with Crippen molar-refractivity contribution in [1.29, 1.82) is 5.26 Å². The summed E-state index contributed by atoms with van der Waals surface area (Å²) >= 11 is 1.66. The Kier molecular flexibility index (Phi) is 6.38. The Morgan fingerprint density at radius 3 is 2.70 bits per heavy atom. The highest BCUT2D eigenvalue weighted by atomic mass is 32.1. The van der Waals surface area contributed by atoms with Crippen LogP contribution in [0.3, 0.4) is 0 Å². The van der Waals surface area contributed by atoms with Crippen LogP contribution >= 0.6 is 11.3 Å². The van der Waals surface area contributed by atoms with Gasteiger partial charge in [-0.15, -0.1) is 0 Å². The Bertz CT molecular complexity index is 1380. The molecule has 0 saturated carbocycles. The number of halogens is 1. The average Bonchev–Trinajstić information content (AvgIpc) is 3.33. The predicted molar refractivity (Wildman–Crippen MR) is 129 cm³/mol. The van der Waals surface area contributed by atoms with Crippen molar-refractivity contribution in [1.82, 2.24) is 4.98 Å². The smallest absolute Gasteiger partial charge is 0.228 e. The molecule has 0 fully saturated rings. The molecule has 7 heteroatoms. The summed E-state index contributed by atoms with van der Waals surface area (Å²) in [4.78, 5) is 18.7. The zero-order valence-electron chi connectivity index (χ0n) is 18.6. The second-order valence-electron chi connectivity index (χ2n) is 7.74. The van der Waals surface area contributed by atoms with Crippen LogP contribution in [0.4, 0.5) is 15.8 Å². The molecule has 2 aromatic carbocycles. The molecule has 33 heavy (non-hydrogen) atoms. The highest BCUT2D eigenvalue weighted by Crippen LogP contribution is 2.38. The number of carbonyl (C=O) groups excluding carboxylic acids is 1. The quantitative estimate of drug-likeness (QED) is 0.350. The van der Waals surface area contributed by atoms with Crippen molar-refractivity contribution in [3.8, 4) is 11.8 Å². The topological polar surface area (TPSA) is 66.2 Å². The SMILES string of the molecule is COc1cc2ncc(C)c(N(C(C)=O)c3ccc(C#N)cc3F)c2cc1CCc1ccsc1. The van der Waals surface area contributed by atoms with E-state index in [2.05, 4.69) is 21.8 Å². The highest BCUT2D eigenvalue weighted by molar-refractivity contribution is 7.07. The van der Waals surface area contributed by atoms with Crippen molar-refractivity contribution in [3.63, 3.8) is 0 Å². The number of pyridine rings is 1. The van der Waals surface area contributed by atoms with Gasteiger partial charge in [0.1, 0.15) is 11.6 Å². The summed E-state index contributed by atoms with van der Waals surface area (Å²) in [5, 5.41) is 14.0. The lowest BCUT2D eigenvalue weighted by molar-refractivity contribution is -0.115. The van der Waals surface area contributed by atoms with E-state index in [9.17, 15) is 9.18 Å². The molecule has 5 nitrogen and oxygen atoms in total. The summed E-state index contributed by atoms with van der Waals surface area (Å²) in [7, 11) is 1.62. The number of benzene rings is 2. The van der Waals surface area contributed by atoms with Crippen LogP contribution in [0.2, 0.25) is 0 Å². The minimum atomic E-state index is -0.639. The van der Waals surface area contributed by atoms with E-state index in [-0.39, 0.29) is 17.2 Å². The number of methoxy groups -OCH3 is 1. The fourth-order valence-corrected chi connectivity index (χ4v) is 4.65. The van der Waals surface area contributed by atoms with Crippen molar-refractivity contribution < 1.29 is 13.9 Å². The number of rotatable bonds is 6. The molecule has 0 radical (unpaired) electrons. The van der Waals surface area contributed by atoms with E-state index >= 15 is 0 Å². The number of hydrogen-bond acceptors (Lipinski definition) is 5. The van der Waals surface area contributed by atoms with Gasteiger partial charge >= 0.3 is 0 Å². The molecule has 0 spiro atoms. The van der Waals surface area contributed by atoms with Gasteiger partial charge in [0.2, 0.25) is 5.91 Å². The number of hydrogen-bond donors (Lipinski definition) is 0. The summed E-state index contributed by atoms with van der Waals surface area (Å²) in [5.74, 6) is -0.261. The predicted octanol–water partition coefficient (Wildman–Crippen LogP) is 6.09. The number of nitrogens with zero attached hydrogens (tertiary/aromatic N) is 3. The zero-order valence-corrected chi connectivity index (χ0v) is 19.4. The Labute approximate surface area is 195 Å². The van der Waals surface area contributed by atoms with Gasteiger partial charge < -0.3 is 4.74 Å². The molecule has 166 valence electrons. The maximum Gasteiger partial charge on any atom is 0.228 e. The van der Waals surface area contributed by atoms with E-state index in [4.69, 9.17) is 10.00 Å². The number of thiophene rings is 1. The van der Waals surface area contributed by atoms with Crippen LogP contribution < -0.4 is 9.64 Å². The van der Waals surface area contributed by atoms with Gasteiger partial charge in [-0.25, -0.2) is 4.39 Å². The third kappa shape index (κ3) is 4.43. The van der Waals surface area contributed by atoms with Gasteiger partial charge in [-0.3, -0.25) is 14.7 Å². The fraction of sp³-hybridized carbons (Fsp3) is 0.192. The number of nitriles is 1. The van der Waals surface area contributed by atoms with Crippen LogP contribution in [0.15, 0.2) is 53.4 Å². The molecular weight excluding hydrogens is 437 g/mol. The van der Waals surface area contributed by atoms with Crippen molar-refractivity contribution in [2.24, 2.45) is 0 Å². The molecule has 0 aliphatic carbocycles. The maximum absolute atomic E-state index is 15.0. The first kappa shape index (κ1) is 22.4. The van der Waals surface area contributed by atoms with Crippen molar-refractivity contribution in [2.45, 2.75) is 26.7 Å². The van der Waals surface area contributed by atoms with E-state index in [1.54, 1.807) is 24.6 Å². The lowest BCUT2D eigenvalue weighted by Gasteiger charge is -2.25. The Hall–Kier alpha value is -3.76. The zero-order chi connectivity index (χ0) is 23.5. The minimum Gasteiger partial charge on any atom is -0.496 e. The van der Waals surface area contributed by atoms with E-state index < -0.39 is 5.82 Å². The molecule has 0 bridgehead atoms. The molecule has 0 saturated heterocycles. The van der Waals surface area contributed by atoms with Gasteiger partial charge in [0.05, 0.1) is 35.6 Å². The largest absolute Gasteiger partial charge is 0.496 e. The van der Waals surface area contributed by atoms with Crippen molar-refractivity contribution in [3.05, 3.63) is 81.4 Å². The fourth-order valence-electron chi connectivity index (χ4n) is 3.95. The standard InChI is InChI=1S/C26H22FN3O2S/c1-16-14-29-23-12-25(32-3)20(6-4-18-8-9-33-15-18)11-21(23)26(16)30(17(2)31)24-7-5-19(13-28)10-22(24)27/h5,7-12,14-15H,4,6H2,1-3H3. The summed E-state index contributed by atoms with van der Waals surface area (Å²) in [6, 6.07) is 12.0. The van der Waals surface area contributed by atoms with Gasteiger partial charge in [-0.1, -0.05) is 0 Å². The molecular formula is C26H22FN3O2S. The first-order valence-corrected chi connectivity index (χ1v) is 11.3. The average molecular weight is 460 g/mol. The van der Waals surface area contributed by atoms with Crippen LogP contribution in [0.1, 0.15) is 29.2 Å². The van der Waals surface area contributed by atoms with Crippen LogP contribution in [0.5, 0.6) is 5.75 Å². The van der Waals surface area contributed by atoms with E-state index in [1.807, 2.05) is 25.1 Å². The molecule has 0 aliphatic heterocycles. The monoisotopic (exact) mass is 459 g/mol. The van der Waals surface area contributed by atoms with Crippen molar-refractivity contribution >= 4 is 39.5 Å². The number of aromatic nitrogens is 1. The molecule has 2 heterocycles. The number of carbonyl (C=O) groups is 1. The molecule has 0 atom stereocenters. The molecule has 2 aromatic heterocycles. The lowest BCUT2D eigenvalue weighted by Crippen LogP contribution is -2.25. The number of ether oxygens (including phenoxy) is 1. The van der Waals surface area contributed by atoms with Crippen LogP contribution in [0, 0.1) is 24.1 Å².